The lowest BCUT2D eigenvalue weighted by Crippen LogP contribution is -1.95. The van der Waals surface area contributed by atoms with E-state index in [9.17, 15) is 0 Å². The summed E-state index contributed by atoms with van der Waals surface area (Å²) in [5, 5.41) is 7.93. The maximum Gasteiger partial charge on any atom is 0.264 e. The highest BCUT2D eigenvalue weighted by Crippen LogP contribution is 2.23. The Morgan fingerprint density at radius 1 is 0.875 bits per heavy atom. The smallest absolute Gasteiger partial charge is 0.264 e. The summed E-state index contributed by atoms with van der Waals surface area (Å²) < 4.78 is 10.9. The highest BCUT2D eigenvalue weighted by molar-refractivity contribution is 7.08. The van der Waals surface area contributed by atoms with Gasteiger partial charge >= 0.3 is 0 Å². The molecule has 2 aromatic heterocycles. The van der Waals surface area contributed by atoms with Crippen molar-refractivity contribution in [2.45, 2.75) is 6.61 Å². The lowest BCUT2D eigenvalue weighted by Gasteiger charge is -2.05. The summed E-state index contributed by atoms with van der Waals surface area (Å²) in [6.07, 6.45) is 0. The van der Waals surface area contributed by atoms with E-state index in [0.29, 0.717) is 11.7 Å². The molecule has 0 radical (unpaired) electrons. The highest BCUT2D eigenvalue weighted by Gasteiger charge is 2.09. The number of hydrogen-bond acceptors (Lipinski definition) is 5. The molecule has 0 saturated heterocycles. The summed E-state index contributed by atoms with van der Waals surface area (Å²) >= 11 is 1.60. The Kier molecular flexibility index (Phi) is 4.08. The zero-order chi connectivity index (χ0) is 16.2. The standard InChI is InChI=1S/C19H14N2O2S/c1-2-4-14(5-3-1)15-6-8-17(9-7-15)22-12-18-20-19(21-23-18)16-10-11-24-13-16/h1-11,13H,12H2. The van der Waals surface area contributed by atoms with Crippen LogP contribution < -0.4 is 4.74 Å². The molecule has 0 aliphatic rings. The minimum absolute atomic E-state index is 0.252. The summed E-state index contributed by atoms with van der Waals surface area (Å²) in [4.78, 5) is 4.34. The van der Waals surface area contributed by atoms with E-state index >= 15 is 0 Å². The van der Waals surface area contributed by atoms with Crippen molar-refractivity contribution in [3.8, 4) is 28.3 Å². The summed E-state index contributed by atoms with van der Waals surface area (Å²) in [6, 6.07) is 20.2. The maximum atomic E-state index is 5.72. The van der Waals surface area contributed by atoms with Gasteiger partial charge in [0, 0.05) is 10.9 Å². The van der Waals surface area contributed by atoms with E-state index in [1.165, 1.54) is 5.56 Å². The number of nitrogens with zero attached hydrogens (tertiary/aromatic N) is 2. The average molecular weight is 334 g/mol. The van der Waals surface area contributed by atoms with Gasteiger partial charge in [-0.05, 0) is 34.7 Å². The molecule has 0 aliphatic heterocycles. The minimum atomic E-state index is 0.252. The molecule has 0 saturated carbocycles. The second-order valence-electron chi connectivity index (χ2n) is 5.20. The Bertz CT molecular complexity index is 900. The minimum Gasteiger partial charge on any atom is -0.484 e. The van der Waals surface area contributed by atoms with Gasteiger partial charge in [-0.2, -0.15) is 16.3 Å². The van der Waals surface area contributed by atoms with Gasteiger partial charge in [-0.25, -0.2) is 0 Å². The van der Waals surface area contributed by atoms with E-state index in [-0.39, 0.29) is 6.61 Å². The van der Waals surface area contributed by atoms with E-state index in [1.807, 2.05) is 59.3 Å². The summed E-state index contributed by atoms with van der Waals surface area (Å²) in [7, 11) is 0. The van der Waals surface area contributed by atoms with E-state index in [2.05, 4.69) is 22.3 Å². The van der Waals surface area contributed by atoms with Gasteiger partial charge in [0.25, 0.3) is 5.89 Å². The normalized spacial score (nSPS) is 10.7. The first kappa shape index (κ1) is 14.7. The van der Waals surface area contributed by atoms with Crippen molar-refractivity contribution >= 4 is 11.3 Å². The van der Waals surface area contributed by atoms with Crippen LogP contribution in [0.3, 0.4) is 0 Å². The Morgan fingerprint density at radius 3 is 2.42 bits per heavy atom. The van der Waals surface area contributed by atoms with Crippen molar-refractivity contribution in [3.63, 3.8) is 0 Å². The van der Waals surface area contributed by atoms with Crippen molar-refractivity contribution in [3.05, 3.63) is 77.3 Å². The topological polar surface area (TPSA) is 48.2 Å². The molecule has 0 bridgehead atoms. The van der Waals surface area contributed by atoms with Crippen LogP contribution in [0, 0.1) is 0 Å². The van der Waals surface area contributed by atoms with Crippen LogP contribution in [0.4, 0.5) is 0 Å². The van der Waals surface area contributed by atoms with Gasteiger partial charge in [-0.15, -0.1) is 0 Å². The molecule has 2 heterocycles. The number of thiophene rings is 1. The van der Waals surface area contributed by atoms with Crippen LogP contribution in [0.25, 0.3) is 22.5 Å². The lowest BCUT2D eigenvalue weighted by atomic mass is 10.1. The second-order valence-corrected chi connectivity index (χ2v) is 5.98. The van der Waals surface area contributed by atoms with Crippen molar-refractivity contribution in [2.75, 3.05) is 0 Å². The van der Waals surface area contributed by atoms with Gasteiger partial charge in [0.1, 0.15) is 5.75 Å². The molecular weight excluding hydrogens is 320 g/mol. The Labute approximate surface area is 143 Å². The van der Waals surface area contributed by atoms with Gasteiger partial charge in [0.2, 0.25) is 5.82 Å². The molecule has 118 valence electrons. The monoisotopic (exact) mass is 334 g/mol. The summed E-state index contributed by atoms with van der Waals surface area (Å²) in [5.74, 6) is 1.82. The molecule has 4 rings (SSSR count). The van der Waals surface area contributed by atoms with Crippen LogP contribution in [0.1, 0.15) is 5.89 Å². The highest BCUT2D eigenvalue weighted by atomic mass is 32.1. The average Bonchev–Trinajstić information content (AvgIpc) is 3.33. The third-order valence-electron chi connectivity index (χ3n) is 3.57. The Hall–Kier alpha value is -2.92. The van der Waals surface area contributed by atoms with Gasteiger partial charge in [-0.3, -0.25) is 0 Å². The number of aromatic nitrogens is 2. The van der Waals surface area contributed by atoms with E-state index in [0.717, 1.165) is 16.9 Å². The first-order valence-electron chi connectivity index (χ1n) is 7.52. The van der Waals surface area contributed by atoms with Crippen molar-refractivity contribution in [1.29, 1.82) is 0 Å². The van der Waals surface area contributed by atoms with Crippen molar-refractivity contribution in [1.82, 2.24) is 10.1 Å². The quantitative estimate of drug-likeness (QED) is 0.513. The molecule has 0 N–H and O–H groups in total. The summed E-state index contributed by atoms with van der Waals surface area (Å²) in [6.45, 7) is 0.252. The second kappa shape index (κ2) is 6.68. The number of ether oxygens (including phenoxy) is 1. The van der Waals surface area contributed by atoms with E-state index < -0.39 is 0 Å². The number of rotatable bonds is 5. The van der Waals surface area contributed by atoms with Crippen molar-refractivity contribution < 1.29 is 9.26 Å². The Morgan fingerprint density at radius 2 is 1.67 bits per heavy atom. The molecule has 4 nitrogen and oxygen atoms in total. The van der Waals surface area contributed by atoms with Crippen molar-refractivity contribution in [2.24, 2.45) is 0 Å². The van der Waals surface area contributed by atoms with Crippen LogP contribution in [-0.2, 0) is 6.61 Å². The molecule has 0 spiro atoms. The van der Waals surface area contributed by atoms with Crippen LogP contribution in [0.15, 0.2) is 75.9 Å². The molecule has 0 unspecified atom stereocenters. The maximum absolute atomic E-state index is 5.72. The third-order valence-corrected chi connectivity index (χ3v) is 4.25. The number of benzene rings is 2. The van der Waals surface area contributed by atoms with Crippen LogP contribution in [-0.4, -0.2) is 10.1 Å². The zero-order valence-corrected chi connectivity index (χ0v) is 13.6. The molecule has 24 heavy (non-hydrogen) atoms. The van der Waals surface area contributed by atoms with Gasteiger partial charge in [-0.1, -0.05) is 47.6 Å². The van der Waals surface area contributed by atoms with Gasteiger partial charge < -0.3 is 9.26 Å². The zero-order valence-electron chi connectivity index (χ0n) is 12.8. The molecule has 0 atom stereocenters. The lowest BCUT2D eigenvalue weighted by molar-refractivity contribution is 0.243. The fourth-order valence-corrected chi connectivity index (χ4v) is 2.98. The third kappa shape index (κ3) is 3.21. The van der Waals surface area contributed by atoms with Crippen LogP contribution in [0.5, 0.6) is 5.75 Å². The predicted molar refractivity (Wildman–Crippen MR) is 93.8 cm³/mol. The van der Waals surface area contributed by atoms with Crippen LogP contribution >= 0.6 is 11.3 Å². The fourth-order valence-electron chi connectivity index (χ4n) is 2.34. The van der Waals surface area contributed by atoms with Crippen LogP contribution in [0.2, 0.25) is 0 Å². The number of hydrogen-bond donors (Lipinski definition) is 0. The van der Waals surface area contributed by atoms with E-state index in [1.54, 1.807) is 11.3 Å². The molecule has 0 amide bonds. The molecule has 0 fully saturated rings. The first-order chi connectivity index (χ1) is 11.9. The fraction of sp³-hybridized carbons (Fsp3) is 0.0526. The largest absolute Gasteiger partial charge is 0.484 e. The first-order valence-corrected chi connectivity index (χ1v) is 8.46. The molecular formula is C19H14N2O2S. The molecule has 2 aromatic carbocycles. The van der Waals surface area contributed by atoms with E-state index in [4.69, 9.17) is 9.26 Å². The molecule has 0 aliphatic carbocycles. The molecule has 4 aromatic rings. The van der Waals surface area contributed by atoms with Gasteiger partial charge in [0.05, 0.1) is 0 Å². The summed E-state index contributed by atoms with van der Waals surface area (Å²) in [5.41, 5.74) is 3.30. The Balaban J connectivity index is 1.41. The molecule has 5 heteroatoms. The SMILES string of the molecule is c1ccc(-c2ccc(OCc3nc(-c4ccsc4)no3)cc2)cc1. The predicted octanol–water partition coefficient (Wildman–Crippen LogP) is 5.04. The van der Waals surface area contributed by atoms with Gasteiger partial charge in [0.15, 0.2) is 6.61 Å².